The molecule has 0 atom stereocenters. The molecule has 4 nitrogen and oxygen atoms in total. The largest absolute Gasteiger partial charge is 0.370 e. The van der Waals surface area contributed by atoms with Gasteiger partial charge in [0.2, 0.25) is 0 Å². The fourth-order valence-electron chi connectivity index (χ4n) is 2.15. The van der Waals surface area contributed by atoms with Crippen LogP contribution in [0.15, 0.2) is 30.6 Å². The van der Waals surface area contributed by atoms with E-state index in [9.17, 15) is 0 Å². The number of nitrogens with zero attached hydrogens (tertiary/aromatic N) is 3. The van der Waals surface area contributed by atoms with Crippen LogP contribution in [0.2, 0.25) is 0 Å². The zero-order valence-corrected chi connectivity index (χ0v) is 12.4. The monoisotopic (exact) mass is 284 g/mol. The molecule has 0 unspecified atom stereocenters. The minimum Gasteiger partial charge on any atom is -0.370 e. The molecule has 0 saturated carbocycles. The second kappa shape index (κ2) is 5.54. The SMILES string of the molecule is CCNc1nc(Cc2cccnc2)nc2sc(C)cc12. The van der Waals surface area contributed by atoms with E-state index in [1.54, 1.807) is 17.5 Å². The van der Waals surface area contributed by atoms with E-state index in [-0.39, 0.29) is 0 Å². The van der Waals surface area contributed by atoms with Crippen LogP contribution in [-0.2, 0) is 6.42 Å². The van der Waals surface area contributed by atoms with Crippen molar-refractivity contribution in [3.8, 4) is 0 Å². The molecule has 3 aromatic rings. The molecule has 5 heteroatoms. The lowest BCUT2D eigenvalue weighted by Crippen LogP contribution is -2.04. The molecule has 0 radical (unpaired) electrons. The fourth-order valence-corrected chi connectivity index (χ4v) is 3.05. The molecule has 3 aromatic heterocycles. The Morgan fingerprint density at radius 1 is 1.30 bits per heavy atom. The van der Waals surface area contributed by atoms with E-state index in [2.05, 4.69) is 40.2 Å². The van der Waals surface area contributed by atoms with Crippen molar-refractivity contribution in [2.75, 3.05) is 11.9 Å². The third-order valence-corrected chi connectivity index (χ3v) is 3.94. The van der Waals surface area contributed by atoms with Gasteiger partial charge in [0.15, 0.2) is 0 Å². The molecule has 0 amide bonds. The maximum absolute atomic E-state index is 4.67. The van der Waals surface area contributed by atoms with Gasteiger partial charge in [0, 0.05) is 30.2 Å². The Morgan fingerprint density at radius 2 is 2.20 bits per heavy atom. The van der Waals surface area contributed by atoms with Gasteiger partial charge in [0.25, 0.3) is 0 Å². The third kappa shape index (κ3) is 2.63. The number of rotatable bonds is 4. The molecule has 0 spiro atoms. The maximum Gasteiger partial charge on any atom is 0.138 e. The first-order valence-electron chi connectivity index (χ1n) is 6.66. The summed E-state index contributed by atoms with van der Waals surface area (Å²) < 4.78 is 0. The fraction of sp³-hybridized carbons (Fsp3) is 0.267. The number of aromatic nitrogens is 3. The zero-order valence-electron chi connectivity index (χ0n) is 11.6. The number of thiophene rings is 1. The lowest BCUT2D eigenvalue weighted by atomic mass is 10.2. The van der Waals surface area contributed by atoms with Crippen LogP contribution in [0, 0.1) is 6.92 Å². The predicted octanol–water partition coefficient (Wildman–Crippen LogP) is 3.42. The summed E-state index contributed by atoms with van der Waals surface area (Å²) in [6.45, 7) is 5.03. The molecule has 1 N–H and O–H groups in total. The molecule has 0 fully saturated rings. The minimum absolute atomic E-state index is 0.707. The van der Waals surface area contributed by atoms with Gasteiger partial charge in [-0.05, 0) is 31.5 Å². The van der Waals surface area contributed by atoms with E-state index >= 15 is 0 Å². The third-order valence-electron chi connectivity index (χ3n) is 2.99. The lowest BCUT2D eigenvalue weighted by Gasteiger charge is -2.07. The Morgan fingerprint density at radius 3 is 2.95 bits per heavy atom. The number of fused-ring (bicyclic) bond motifs is 1. The van der Waals surface area contributed by atoms with E-state index in [1.165, 1.54) is 4.88 Å². The van der Waals surface area contributed by atoms with Crippen molar-refractivity contribution in [3.63, 3.8) is 0 Å². The Balaban J connectivity index is 2.03. The molecular formula is C15H16N4S. The molecule has 3 rings (SSSR count). The summed E-state index contributed by atoms with van der Waals surface area (Å²) in [5, 5.41) is 4.45. The number of anilines is 1. The first-order valence-corrected chi connectivity index (χ1v) is 7.47. The summed E-state index contributed by atoms with van der Waals surface area (Å²) in [5.41, 5.74) is 1.13. The van der Waals surface area contributed by atoms with Crippen molar-refractivity contribution in [1.29, 1.82) is 0 Å². The summed E-state index contributed by atoms with van der Waals surface area (Å²) >= 11 is 1.71. The number of pyridine rings is 1. The first kappa shape index (κ1) is 13.0. The van der Waals surface area contributed by atoms with Crippen molar-refractivity contribution in [1.82, 2.24) is 15.0 Å². The highest BCUT2D eigenvalue weighted by Gasteiger charge is 2.10. The van der Waals surface area contributed by atoms with Crippen LogP contribution >= 0.6 is 11.3 Å². The molecule has 0 aliphatic carbocycles. The second-order valence-corrected chi connectivity index (χ2v) is 5.87. The summed E-state index contributed by atoms with van der Waals surface area (Å²) in [5.74, 6) is 1.77. The summed E-state index contributed by atoms with van der Waals surface area (Å²) in [7, 11) is 0. The molecule has 20 heavy (non-hydrogen) atoms. The average Bonchev–Trinajstić information content (AvgIpc) is 2.81. The normalized spacial score (nSPS) is 10.9. The van der Waals surface area contributed by atoms with E-state index < -0.39 is 0 Å². The Labute approximate surface area is 121 Å². The highest BCUT2D eigenvalue weighted by atomic mass is 32.1. The zero-order chi connectivity index (χ0) is 13.9. The molecule has 0 saturated heterocycles. The Hall–Kier alpha value is -2.01. The van der Waals surface area contributed by atoms with Crippen LogP contribution in [-0.4, -0.2) is 21.5 Å². The highest BCUT2D eigenvalue weighted by Crippen LogP contribution is 2.28. The summed E-state index contributed by atoms with van der Waals surface area (Å²) in [4.78, 5) is 15.8. The minimum atomic E-state index is 0.707. The van der Waals surface area contributed by atoms with Gasteiger partial charge in [0.05, 0.1) is 5.39 Å². The molecule has 3 heterocycles. The van der Waals surface area contributed by atoms with Gasteiger partial charge in [-0.25, -0.2) is 9.97 Å². The van der Waals surface area contributed by atoms with Crippen molar-refractivity contribution >= 4 is 27.4 Å². The quantitative estimate of drug-likeness (QED) is 0.797. The van der Waals surface area contributed by atoms with E-state index in [0.29, 0.717) is 6.42 Å². The van der Waals surface area contributed by atoms with Crippen LogP contribution in [0.5, 0.6) is 0 Å². The predicted molar refractivity (Wildman–Crippen MR) is 83.4 cm³/mol. The molecule has 0 bridgehead atoms. The van der Waals surface area contributed by atoms with Gasteiger partial charge in [-0.1, -0.05) is 6.07 Å². The molecule has 102 valence electrons. The van der Waals surface area contributed by atoms with Crippen LogP contribution in [0.1, 0.15) is 23.2 Å². The van der Waals surface area contributed by atoms with E-state index in [1.807, 2.05) is 18.3 Å². The lowest BCUT2D eigenvalue weighted by molar-refractivity contribution is 0.982. The van der Waals surface area contributed by atoms with Gasteiger partial charge < -0.3 is 5.32 Å². The Kier molecular flexibility index (Phi) is 3.60. The number of hydrogen-bond donors (Lipinski definition) is 1. The summed E-state index contributed by atoms with van der Waals surface area (Å²) in [6.07, 6.45) is 4.35. The summed E-state index contributed by atoms with van der Waals surface area (Å²) in [6, 6.07) is 6.13. The number of hydrogen-bond acceptors (Lipinski definition) is 5. The van der Waals surface area contributed by atoms with Crippen molar-refractivity contribution in [3.05, 3.63) is 46.9 Å². The number of aryl methyl sites for hydroxylation is 1. The first-order chi connectivity index (χ1) is 9.76. The van der Waals surface area contributed by atoms with Crippen LogP contribution < -0.4 is 5.32 Å². The maximum atomic E-state index is 4.67. The van der Waals surface area contributed by atoms with Crippen LogP contribution in [0.25, 0.3) is 10.2 Å². The topological polar surface area (TPSA) is 50.7 Å². The smallest absolute Gasteiger partial charge is 0.138 e. The molecular weight excluding hydrogens is 268 g/mol. The van der Waals surface area contributed by atoms with Crippen molar-refractivity contribution < 1.29 is 0 Å². The van der Waals surface area contributed by atoms with E-state index in [4.69, 9.17) is 0 Å². The van der Waals surface area contributed by atoms with Gasteiger partial charge in [-0.3, -0.25) is 4.98 Å². The van der Waals surface area contributed by atoms with Crippen LogP contribution in [0.3, 0.4) is 0 Å². The highest BCUT2D eigenvalue weighted by molar-refractivity contribution is 7.18. The van der Waals surface area contributed by atoms with Gasteiger partial charge in [-0.2, -0.15) is 0 Å². The molecule has 0 aliphatic rings. The van der Waals surface area contributed by atoms with Crippen LogP contribution in [0.4, 0.5) is 5.82 Å². The van der Waals surface area contributed by atoms with Crippen molar-refractivity contribution in [2.24, 2.45) is 0 Å². The van der Waals surface area contributed by atoms with Crippen molar-refractivity contribution in [2.45, 2.75) is 20.3 Å². The van der Waals surface area contributed by atoms with Gasteiger partial charge in [-0.15, -0.1) is 11.3 Å². The number of nitrogens with one attached hydrogen (secondary N) is 1. The van der Waals surface area contributed by atoms with E-state index in [0.717, 1.165) is 34.0 Å². The van der Waals surface area contributed by atoms with Gasteiger partial charge in [0.1, 0.15) is 16.5 Å². The molecule has 0 aromatic carbocycles. The van der Waals surface area contributed by atoms with Gasteiger partial charge >= 0.3 is 0 Å². The second-order valence-electron chi connectivity index (χ2n) is 4.63. The molecule has 0 aliphatic heterocycles. The Bertz CT molecular complexity index is 721. The average molecular weight is 284 g/mol. The standard InChI is InChI=1S/C15H16N4S/c1-3-17-14-12-7-10(2)20-15(12)19-13(18-14)8-11-5-4-6-16-9-11/h4-7,9H,3,8H2,1-2H3,(H,17,18,19).